The van der Waals surface area contributed by atoms with Crippen molar-refractivity contribution < 1.29 is 4.79 Å². The highest BCUT2D eigenvalue weighted by atomic mass is 79.9. The van der Waals surface area contributed by atoms with Gasteiger partial charge in [0.15, 0.2) is 0 Å². The third-order valence-electron chi connectivity index (χ3n) is 4.56. The summed E-state index contributed by atoms with van der Waals surface area (Å²) in [6.07, 6.45) is 5.05. The average Bonchev–Trinajstić information content (AvgIpc) is 2.65. The van der Waals surface area contributed by atoms with E-state index in [0.717, 1.165) is 23.7 Å². The monoisotopic (exact) mass is 321 g/mol. The molecule has 0 N–H and O–H groups in total. The quantitative estimate of drug-likeness (QED) is 0.848. The van der Waals surface area contributed by atoms with Gasteiger partial charge in [0.2, 0.25) is 0 Å². The highest BCUT2D eigenvalue weighted by Crippen LogP contribution is 2.36. The molecule has 3 rings (SSSR count). The van der Waals surface area contributed by atoms with Gasteiger partial charge in [0, 0.05) is 35.4 Å². The van der Waals surface area contributed by atoms with E-state index in [1.54, 1.807) is 0 Å². The van der Waals surface area contributed by atoms with Gasteiger partial charge in [-0.25, -0.2) is 0 Å². The van der Waals surface area contributed by atoms with Crippen LogP contribution in [0.1, 0.15) is 38.2 Å². The van der Waals surface area contributed by atoms with Crippen LogP contribution >= 0.6 is 15.9 Å². The zero-order valence-corrected chi connectivity index (χ0v) is 12.9. The number of nitrogens with zero attached hydrogens (tertiary/aromatic N) is 1. The Morgan fingerprint density at radius 3 is 2.37 bits per heavy atom. The van der Waals surface area contributed by atoms with Crippen molar-refractivity contribution in [1.29, 1.82) is 0 Å². The van der Waals surface area contributed by atoms with Gasteiger partial charge in [0.1, 0.15) is 5.78 Å². The number of carbonyl (C=O) groups excluding carboxylic acids is 1. The third-order valence-corrected chi connectivity index (χ3v) is 5.08. The first kappa shape index (κ1) is 13.3. The first-order valence-electron chi connectivity index (χ1n) is 7.17. The van der Waals surface area contributed by atoms with Gasteiger partial charge >= 0.3 is 0 Å². The molecule has 0 aliphatic carbocycles. The molecular formula is C16H20BrNO. The second kappa shape index (κ2) is 5.37. The van der Waals surface area contributed by atoms with E-state index < -0.39 is 0 Å². The maximum absolute atomic E-state index is 11.7. The third kappa shape index (κ3) is 2.77. The summed E-state index contributed by atoms with van der Waals surface area (Å²) < 4.78 is 1.13. The number of Topliss-reactive ketones (excluding diaryl/α,β-unsaturated/α-hetero) is 1. The van der Waals surface area contributed by atoms with Gasteiger partial charge in [0.05, 0.1) is 0 Å². The van der Waals surface area contributed by atoms with E-state index in [2.05, 4.69) is 52.0 Å². The van der Waals surface area contributed by atoms with Crippen molar-refractivity contribution in [3.63, 3.8) is 0 Å². The lowest BCUT2D eigenvalue weighted by Gasteiger charge is -2.38. The van der Waals surface area contributed by atoms with Gasteiger partial charge in [0.25, 0.3) is 0 Å². The molecule has 19 heavy (non-hydrogen) atoms. The van der Waals surface area contributed by atoms with E-state index in [0.29, 0.717) is 23.9 Å². The van der Waals surface area contributed by atoms with Crippen molar-refractivity contribution in [2.45, 2.75) is 57.2 Å². The Kier molecular flexibility index (Phi) is 3.77. The fourth-order valence-electron chi connectivity index (χ4n) is 3.79. The molecule has 0 spiro atoms. The summed E-state index contributed by atoms with van der Waals surface area (Å²) in [5.74, 6) is 0.472. The maximum atomic E-state index is 11.7. The number of piperidine rings is 1. The molecule has 2 aliphatic heterocycles. The predicted molar refractivity (Wildman–Crippen MR) is 80.2 cm³/mol. The number of hydrogen-bond acceptors (Lipinski definition) is 2. The molecule has 102 valence electrons. The maximum Gasteiger partial charge on any atom is 0.136 e. The number of ketones is 1. The van der Waals surface area contributed by atoms with Crippen LogP contribution in [0.5, 0.6) is 0 Å². The van der Waals surface area contributed by atoms with E-state index >= 15 is 0 Å². The number of hydrogen-bond donors (Lipinski definition) is 0. The van der Waals surface area contributed by atoms with Crippen molar-refractivity contribution in [1.82, 2.24) is 4.90 Å². The van der Waals surface area contributed by atoms with Crippen LogP contribution in [0.4, 0.5) is 0 Å². The number of rotatable bonds is 3. The van der Waals surface area contributed by atoms with E-state index in [9.17, 15) is 4.79 Å². The minimum Gasteiger partial charge on any atom is -0.300 e. The van der Waals surface area contributed by atoms with E-state index in [4.69, 9.17) is 0 Å². The van der Waals surface area contributed by atoms with Crippen LogP contribution in [-0.4, -0.2) is 28.8 Å². The fraction of sp³-hybridized carbons (Fsp3) is 0.562. The molecule has 3 unspecified atom stereocenters. The van der Waals surface area contributed by atoms with Crippen molar-refractivity contribution in [2.24, 2.45) is 0 Å². The first-order valence-corrected chi connectivity index (χ1v) is 7.96. The van der Waals surface area contributed by atoms with Crippen LogP contribution in [0.2, 0.25) is 0 Å². The number of fused-ring (bicyclic) bond motifs is 2. The Morgan fingerprint density at radius 1 is 1.21 bits per heavy atom. The molecule has 2 aliphatic rings. The lowest BCUT2D eigenvalue weighted by molar-refractivity contribution is -0.124. The zero-order chi connectivity index (χ0) is 13.4. The Labute approximate surface area is 123 Å². The molecule has 2 nitrogen and oxygen atoms in total. The second-order valence-electron chi connectivity index (χ2n) is 5.96. The van der Waals surface area contributed by atoms with Crippen LogP contribution in [0.25, 0.3) is 0 Å². The Hall–Kier alpha value is -0.670. The van der Waals surface area contributed by atoms with Gasteiger partial charge < -0.3 is 0 Å². The Balaban J connectivity index is 1.69. The Bertz CT molecular complexity index is 454. The molecule has 0 radical (unpaired) electrons. The van der Waals surface area contributed by atoms with Crippen LogP contribution in [0.3, 0.4) is 0 Å². The fourth-order valence-corrected chi connectivity index (χ4v) is 4.06. The van der Waals surface area contributed by atoms with Crippen LogP contribution < -0.4 is 0 Å². The van der Waals surface area contributed by atoms with Crippen LogP contribution in [0, 0.1) is 0 Å². The number of benzene rings is 1. The summed E-state index contributed by atoms with van der Waals surface area (Å²) in [5, 5.41) is 0. The highest BCUT2D eigenvalue weighted by Gasteiger charge is 2.41. The summed E-state index contributed by atoms with van der Waals surface area (Å²) >= 11 is 3.48. The number of halogens is 1. The van der Waals surface area contributed by atoms with Crippen molar-refractivity contribution in [3.05, 3.63) is 34.3 Å². The molecule has 2 bridgehead atoms. The van der Waals surface area contributed by atoms with Crippen LogP contribution in [0.15, 0.2) is 28.7 Å². The van der Waals surface area contributed by atoms with Gasteiger partial charge in [-0.15, -0.1) is 0 Å². The zero-order valence-electron chi connectivity index (χ0n) is 11.3. The van der Waals surface area contributed by atoms with Crippen molar-refractivity contribution >= 4 is 21.7 Å². The lowest BCUT2D eigenvalue weighted by Crippen LogP contribution is -2.48. The molecule has 3 atom stereocenters. The molecule has 0 saturated carbocycles. The normalized spacial score (nSPS) is 28.6. The molecule has 2 heterocycles. The first-order chi connectivity index (χ1) is 9.13. The molecular weight excluding hydrogens is 302 g/mol. The van der Waals surface area contributed by atoms with E-state index in [1.807, 2.05) is 0 Å². The SMILES string of the molecule is CC(Cc1ccc(Br)cc1)N1C2CCC1CC(=O)C2. The molecule has 0 amide bonds. The lowest BCUT2D eigenvalue weighted by atomic mass is 9.97. The predicted octanol–water partition coefficient (Wildman–Crippen LogP) is 3.58. The van der Waals surface area contributed by atoms with E-state index in [-0.39, 0.29) is 0 Å². The van der Waals surface area contributed by atoms with Crippen molar-refractivity contribution in [3.8, 4) is 0 Å². The molecule has 2 saturated heterocycles. The molecule has 1 aromatic carbocycles. The second-order valence-corrected chi connectivity index (χ2v) is 6.87. The minimum atomic E-state index is 0.472. The largest absolute Gasteiger partial charge is 0.300 e. The van der Waals surface area contributed by atoms with Crippen LogP contribution in [-0.2, 0) is 11.2 Å². The van der Waals surface area contributed by atoms with Gasteiger partial charge in [-0.3, -0.25) is 9.69 Å². The van der Waals surface area contributed by atoms with Gasteiger partial charge in [-0.05, 0) is 43.9 Å². The molecule has 3 heteroatoms. The molecule has 1 aromatic rings. The number of carbonyl (C=O) groups is 1. The smallest absolute Gasteiger partial charge is 0.136 e. The summed E-state index contributed by atoms with van der Waals surface area (Å²) in [7, 11) is 0. The average molecular weight is 322 g/mol. The standard InChI is InChI=1S/C16H20BrNO/c1-11(8-12-2-4-13(17)5-3-12)18-14-6-7-15(18)10-16(19)9-14/h2-5,11,14-15H,6-10H2,1H3. The van der Waals surface area contributed by atoms with Gasteiger partial charge in [-0.1, -0.05) is 28.1 Å². The topological polar surface area (TPSA) is 20.3 Å². The summed E-state index contributed by atoms with van der Waals surface area (Å²) in [5.41, 5.74) is 1.38. The summed E-state index contributed by atoms with van der Waals surface area (Å²) in [6.45, 7) is 2.31. The highest BCUT2D eigenvalue weighted by molar-refractivity contribution is 9.10. The van der Waals surface area contributed by atoms with Gasteiger partial charge in [-0.2, -0.15) is 0 Å². The minimum absolute atomic E-state index is 0.472. The van der Waals surface area contributed by atoms with Crippen molar-refractivity contribution in [2.75, 3.05) is 0 Å². The van der Waals surface area contributed by atoms with E-state index in [1.165, 1.54) is 18.4 Å². The molecule has 2 fully saturated rings. The molecule has 0 aromatic heterocycles. The summed E-state index contributed by atoms with van der Waals surface area (Å²) in [6, 6.07) is 10.2. The summed E-state index contributed by atoms with van der Waals surface area (Å²) in [4.78, 5) is 14.3. The Morgan fingerprint density at radius 2 is 1.79 bits per heavy atom.